The Hall–Kier alpha value is -2.37. The summed E-state index contributed by atoms with van der Waals surface area (Å²) >= 11 is 0. The molecule has 6 nitrogen and oxygen atoms in total. The molecule has 0 saturated carbocycles. The van der Waals surface area contributed by atoms with Gasteiger partial charge in [0.15, 0.2) is 0 Å². The topological polar surface area (TPSA) is 95.5 Å². The van der Waals surface area contributed by atoms with Gasteiger partial charge in [-0.25, -0.2) is 4.79 Å². The first kappa shape index (κ1) is 14.7. The molecule has 102 valence electrons. The standard InChI is InChI=1S/C13H16N2O4/c1-8(12(17)14-2)15-11(16)7-9-5-3-4-6-10(9)13(18)19/h3-6,8H,7H2,1-2H3,(H,14,17)(H,15,16)(H,18,19). The van der Waals surface area contributed by atoms with Crippen LogP contribution in [0.25, 0.3) is 0 Å². The molecule has 1 unspecified atom stereocenters. The average molecular weight is 264 g/mol. The van der Waals surface area contributed by atoms with Crippen LogP contribution in [0, 0.1) is 0 Å². The first-order valence-corrected chi connectivity index (χ1v) is 5.78. The predicted molar refractivity (Wildman–Crippen MR) is 68.8 cm³/mol. The Morgan fingerprint density at radius 1 is 1.26 bits per heavy atom. The Bertz CT molecular complexity index is 499. The fourth-order valence-corrected chi connectivity index (χ4v) is 1.63. The summed E-state index contributed by atoms with van der Waals surface area (Å²) in [7, 11) is 1.48. The number of aromatic carboxylic acids is 1. The van der Waals surface area contributed by atoms with Crippen LogP contribution in [0.2, 0.25) is 0 Å². The molecular weight excluding hydrogens is 248 g/mol. The van der Waals surface area contributed by atoms with Gasteiger partial charge in [-0.3, -0.25) is 9.59 Å². The second-order valence-corrected chi connectivity index (χ2v) is 4.04. The highest BCUT2D eigenvalue weighted by Gasteiger charge is 2.16. The Balaban J connectivity index is 2.72. The molecule has 0 spiro atoms. The zero-order valence-electron chi connectivity index (χ0n) is 10.8. The summed E-state index contributed by atoms with van der Waals surface area (Å²) in [6, 6.07) is 5.62. The van der Waals surface area contributed by atoms with Crippen LogP contribution in [-0.2, 0) is 16.0 Å². The summed E-state index contributed by atoms with van der Waals surface area (Å²) < 4.78 is 0. The average Bonchev–Trinajstić information content (AvgIpc) is 2.37. The van der Waals surface area contributed by atoms with Crippen molar-refractivity contribution in [2.24, 2.45) is 0 Å². The Kier molecular flexibility index (Phi) is 5.05. The van der Waals surface area contributed by atoms with Gasteiger partial charge < -0.3 is 15.7 Å². The molecule has 0 saturated heterocycles. The lowest BCUT2D eigenvalue weighted by atomic mass is 10.0. The molecule has 3 N–H and O–H groups in total. The summed E-state index contributed by atoms with van der Waals surface area (Å²) in [5, 5.41) is 13.9. The third kappa shape index (κ3) is 4.09. The van der Waals surface area contributed by atoms with E-state index in [9.17, 15) is 14.4 Å². The SMILES string of the molecule is CNC(=O)C(C)NC(=O)Cc1ccccc1C(=O)O. The molecule has 0 aliphatic heterocycles. The summed E-state index contributed by atoms with van der Waals surface area (Å²) in [6.45, 7) is 1.56. The zero-order valence-corrected chi connectivity index (χ0v) is 10.8. The van der Waals surface area contributed by atoms with E-state index in [0.717, 1.165) is 0 Å². The molecule has 19 heavy (non-hydrogen) atoms. The van der Waals surface area contributed by atoms with Gasteiger partial charge in [0.05, 0.1) is 12.0 Å². The van der Waals surface area contributed by atoms with Crippen molar-refractivity contribution in [2.75, 3.05) is 7.05 Å². The fourth-order valence-electron chi connectivity index (χ4n) is 1.63. The molecule has 0 aliphatic carbocycles. The number of likely N-dealkylation sites (N-methyl/N-ethyl adjacent to an activating group) is 1. The summed E-state index contributed by atoms with van der Waals surface area (Å²) in [5.41, 5.74) is 0.502. The van der Waals surface area contributed by atoms with Crippen molar-refractivity contribution in [1.29, 1.82) is 0 Å². The quantitative estimate of drug-likeness (QED) is 0.706. The number of amides is 2. The molecule has 1 aromatic carbocycles. The van der Waals surface area contributed by atoms with Gasteiger partial charge in [0, 0.05) is 7.05 Å². The maximum absolute atomic E-state index is 11.7. The second kappa shape index (κ2) is 6.53. The van der Waals surface area contributed by atoms with Crippen LogP contribution in [0.4, 0.5) is 0 Å². The minimum atomic E-state index is -1.08. The van der Waals surface area contributed by atoms with E-state index in [-0.39, 0.29) is 17.9 Å². The van der Waals surface area contributed by atoms with Crippen LogP contribution in [0.3, 0.4) is 0 Å². The van der Waals surface area contributed by atoms with E-state index in [1.54, 1.807) is 25.1 Å². The summed E-state index contributed by atoms with van der Waals surface area (Å²) in [6.07, 6.45) is -0.0796. The number of rotatable bonds is 5. The van der Waals surface area contributed by atoms with Crippen LogP contribution >= 0.6 is 0 Å². The smallest absolute Gasteiger partial charge is 0.335 e. The third-order valence-electron chi connectivity index (χ3n) is 2.62. The summed E-state index contributed by atoms with van der Waals surface area (Å²) in [4.78, 5) is 34.0. The molecular formula is C13H16N2O4. The monoisotopic (exact) mass is 264 g/mol. The number of carbonyl (C=O) groups excluding carboxylic acids is 2. The van der Waals surface area contributed by atoms with Crippen LogP contribution in [0.15, 0.2) is 24.3 Å². The van der Waals surface area contributed by atoms with E-state index in [0.29, 0.717) is 5.56 Å². The minimum Gasteiger partial charge on any atom is -0.478 e. The molecule has 0 heterocycles. The molecule has 0 fully saturated rings. The van der Waals surface area contributed by atoms with Gasteiger partial charge in [0.1, 0.15) is 6.04 Å². The molecule has 1 rings (SSSR count). The van der Waals surface area contributed by atoms with Gasteiger partial charge >= 0.3 is 5.97 Å². The maximum atomic E-state index is 11.7. The predicted octanol–water partition coefficient (Wildman–Crippen LogP) is 0.178. The largest absolute Gasteiger partial charge is 0.478 e. The zero-order chi connectivity index (χ0) is 14.4. The number of hydrogen-bond donors (Lipinski definition) is 3. The van der Waals surface area contributed by atoms with Crippen molar-refractivity contribution in [3.8, 4) is 0 Å². The molecule has 6 heteroatoms. The second-order valence-electron chi connectivity index (χ2n) is 4.04. The van der Waals surface area contributed by atoms with Crippen molar-refractivity contribution in [2.45, 2.75) is 19.4 Å². The lowest BCUT2D eigenvalue weighted by Gasteiger charge is -2.12. The molecule has 1 aromatic rings. The number of carbonyl (C=O) groups is 3. The van der Waals surface area contributed by atoms with Crippen molar-refractivity contribution < 1.29 is 19.5 Å². The van der Waals surface area contributed by atoms with E-state index in [1.165, 1.54) is 13.1 Å². The molecule has 0 bridgehead atoms. The van der Waals surface area contributed by atoms with Gasteiger partial charge in [-0.05, 0) is 18.6 Å². The van der Waals surface area contributed by atoms with Gasteiger partial charge in [-0.15, -0.1) is 0 Å². The van der Waals surface area contributed by atoms with E-state index in [1.807, 2.05) is 0 Å². The Morgan fingerprint density at radius 2 is 1.89 bits per heavy atom. The number of carboxylic acids is 1. The van der Waals surface area contributed by atoms with Crippen LogP contribution < -0.4 is 10.6 Å². The van der Waals surface area contributed by atoms with Gasteiger partial charge in [0.2, 0.25) is 11.8 Å². The lowest BCUT2D eigenvalue weighted by Crippen LogP contribution is -2.44. The number of benzene rings is 1. The highest BCUT2D eigenvalue weighted by atomic mass is 16.4. The van der Waals surface area contributed by atoms with Crippen molar-refractivity contribution in [3.63, 3.8) is 0 Å². The first-order valence-electron chi connectivity index (χ1n) is 5.78. The number of carboxylic acid groups (broad SMARTS) is 1. The first-order chi connectivity index (χ1) is 8.95. The normalized spacial score (nSPS) is 11.5. The maximum Gasteiger partial charge on any atom is 0.335 e. The van der Waals surface area contributed by atoms with Crippen LogP contribution in [0.5, 0.6) is 0 Å². The molecule has 2 amide bonds. The van der Waals surface area contributed by atoms with Gasteiger partial charge in [-0.1, -0.05) is 18.2 Å². The molecule has 0 radical (unpaired) electrons. The lowest BCUT2D eigenvalue weighted by molar-refractivity contribution is -0.128. The Morgan fingerprint density at radius 3 is 2.47 bits per heavy atom. The van der Waals surface area contributed by atoms with E-state index < -0.39 is 17.9 Å². The van der Waals surface area contributed by atoms with Gasteiger partial charge in [-0.2, -0.15) is 0 Å². The summed E-state index contributed by atoms with van der Waals surface area (Å²) in [5.74, 6) is -1.78. The van der Waals surface area contributed by atoms with E-state index in [2.05, 4.69) is 10.6 Å². The minimum absolute atomic E-state index is 0.0796. The van der Waals surface area contributed by atoms with Crippen LogP contribution in [-0.4, -0.2) is 36.0 Å². The fraction of sp³-hybridized carbons (Fsp3) is 0.308. The van der Waals surface area contributed by atoms with E-state index >= 15 is 0 Å². The van der Waals surface area contributed by atoms with E-state index in [4.69, 9.17) is 5.11 Å². The number of nitrogens with one attached hydrogen (secondary N) is 2. The molecule has 0 aliphatic rings. The van der Waals surface area contributed by atoms with Gasteiger partial charge in [0.25, 0.3) is 0 Å². The van der Waals surface area contributed by atoms with Crippen LogP contribution in [0.1, 0.15) is 22.8 Å². The molecule has 1 atom stereocenters. The Labute approximate surface area is 110 Å². The molecule has 0 aromatic heterocycles. The van der Waals surface area contributed by atoms with Crippen molar-refractivity contribution >= 4 is 17.8 Å². The number of hydrogen-bond acceptors (Lipinski definition) is 3. The highest BCUT2D eigenvalue weighted by molar-refractivity contribution is 5.92. The third-order valence-corrected chi connectivity index (χ3v) is 2.62. The highest BCUT2D eigenvalue weighted by Crippen LogP contribution is 2.09. The van der Waals surface area contributed by atoms with Crippen molar-refractivity contribution in [3.05, 3.63) is 35.4 Å². The van der Waals surface area contributed by atoms with Crippen molar-refractivity contribution in [1.82, 2.24) is 10.6 Å².